The number of piperazine rings is 1. The molecule has 1 saturated heterocycles. The van der Waals surface area contributed by atoms with Crippen molar-refractivity contribution in [2.75, 3.05) is 0 Å². The van der Waals surface area contributed by atoms with Crippen LogP contribution in [0.3, 0.4) is 0 Å². The largest absolute Gasteiger partial charge is 0.342 e. The molecule has 1 fully saturated rings. The quantitative estimate of drug-likeness (QED) is 0.855. The third-order valence-corrected chi connectivity index (χ3v) is 3.65. The summed E-state index contributed by atoms with van der Waals surface area (Å²) >= 11 is 1.47. The Hall–Kier alpha value is -1.36. The smallest absolute Gasteiger partial charge is 0.248 e. The highest BCUT2D eigenvalue weighted by Crippen LogP contribution is 2.22. The fraction of sp³-hybridized carbons (Fsp3) is 0.500. The van der Waals surface area contributed by atoms with Crippen molar-refractivity contribution in [3.63, 3.8) is 0 Å². The lowest BCUT2D eigenvalue weighted by Crippen LogP contribution is -2.57. The maximum atomic E-state index is 11.9. The molecular formula is C12H16N2O2S. The summed E-state index contributed by atoms with van der Waals surface area (Å²) in [6.45, 7) is 4.07. The first-order valence-corrected chi connectivity index (χ1v) is 6.60. The lowest BCUT2D eigenvalue weighted by molar-refractivity contribution is -0.137. The lowest BCUT2D eigenvalue weighted by Gasteiger charge is -2.29. The van der Waals surface area contributed by atoms with Crippen LogP contribution in [0.1, 0.15) is 31.2 Å². The molecule has 2 heterocycles. The van der Waals surface area contributed by atoms with Gasteiger partial charge >= 0.3 is 0 Å². The van der Waals surface area contributed by atoms with Crippen molar-refractivity contribution in [1.29, 1.82) is 0 Å². The molecule has 2 rings (SSSR count). The van der Waals surface area contributed by atoms with Gasteiger partial charge in [0.05, 0.1) is 0 Å². The SMILES string of the molecule is CC(C)C[C@H]1NC(=O)C(c2cccs2)NC1=O. The number of hydrogen-bond acceptors (Lipinski definition) is 3. The number of carbonyl (C=O) groups excluding carboxylic acids is 2. The Morgan fingerprint density at radius 3 is 2.65 bits per heavy atom. The van der Waals surface area contributed by atoms with Crippen molar-refractivity contribution in [2.45, 2.75) is 32.4 Å². The molecule has 1 aromatic rings. The minimum absolute atomic E-state index is 0.0864. The van der Waals surface area contributed by atoms with Crippen LogP contribution < -0.4 is 10.6 Å². The number of nitrogens with one attached hydrogen (secondary N) is 2. The summed E-state index contributed by atoms with van der Waals surface area (Å²) in [5, 5.41) is 7.47. The molecule has 1 aromatic heterocycles. The van der Waals surface area contributed by atoms with E-state index in [1.54, 1.807) is 0 Å². The van der Waals surface area contributed by atoms with E-state index in [1.165, 1.54) is 11.3 Å². The van der Waals surface area contributed by atoms with Gasteiger partial charge in [-0.05, 0) is 23.8 Å². The van der Waals surface area contributed by atoms with E-state index in [4.69, 9.17) is 0 Å². The maximum Gasteiger partial charge on any atom is 0.248 e. The van der Waals surface area contributed by atoms with E-state index in [1.807, 2.05) is 31.4 Å². The highest BCUT2D eigenvalue weighted by Gasteiger charge is 2.34. The number of thiophene rings is 1. The van der Waals surface area contributed by atoms with Crippen molar-refractivity contribution < 1.29 is 9.59 Å². The van der Waals surface area contributed by atoms with Gasteiger partial charge in [0.25, 0.3) is 0 Å². The van der Waals surface area contributed by atoms with E-state index in [9.17, 15) is 9.59 Å². The lowest BCUT2D eigenvalue weighted by atomic mass is 10.00. The molecule has 1 aliphatic rings. The van der Waals surface area contributed by atoms with E-state index in [0.29, 0.717) is 12.3 Å². The summed E-state index contributed by atoms with van der Waals surface area (Å²) in [7, 11) is 0. The number of amides is 2. The van der Waals surface area contributed by atoms with E-state index < -0.39 is 12.1 Å². The van der Waals surface area contributed by atoms with Crippen LogP contribution in [0.2, 0.25) is 0 Å². The predicted molar refractivity (Wildman–Crippen MR) is 66.6 cm³/mol. The highest BCUT2D eigenvalue weighted by atomic mass is 32.1. The van der Waals surface area contributed by atoms with Gasteiger partial charge in [-0.3, -0.25) is 9.59 Å². The van der Waals surface area contributed by atoms with E-state index >= 15 is 0 Å². The van der Waals surface area contributed by atoms with Crippen LogP contribution in [-0.4, -0.2) is 17.9 Å². The van der Waals surface area contributed by atoms with Gasteiger partial charge in [0.15, 0.2) is 0 Å². The first-order valence-electron chi connectivity index (χ1n) is 5.72. The Morgan fingerprint density at radius 2 is 2.06 bits per heavy atom. The topological polar surface area (TPSA) is 58.2 Å². The molecule has 17 heavy (non-hydrogen) atoms. The van der Waals surface area contributed by atoms with Gasteiger partial charge in [-0.15, -0.1) is 11.3 Å². The van der Waals surface area contributed by atoms with Crippen LogP contribution in [0.5, 0.6) is 0 Å². The van der Waals surface area contributed by atoms with Crippen LogP contribution in [0, 0.1) is 5.92 Å². The summed E-state index contributed by atoms with van der Waals surface area (Å²) in [5.74, 6) is 0.179. The second-order valence-corrected chi connectivity index (χ2v) is 5.63. The fourth-order valence-electron chi connectivity index (χ4n) is 1.92. The Kier molecular flexibility index (Phi) is 3.47. The third kappa shape index (κ3) is 2.66. The molecule has 2 N–H and O–H groups in total. The summed E-state index contributed by atoms with van der Waals surface area (Å²) in [6.07, 6.45) is 0.675. The normalized spacial score (nSPS) is 24.6. The third-order valence-electron chi connectivity index (χ3n) is 2.72. The molecule has 0 bridgehead atoms. The van der Waals surface area contributed by atoms with Gasteiger partial charge in [0.2, 0.25) is 11.8 Å². The van der Waals surface area contributed by atoms with Gasteiger partial charge in [0, 0.05) is 4.88 Å². The molecule has 2 atom stereocenters. The zero-order chi connectivity index (χ0) is 12.4. The molecule has 0 spiro atoms. The van der Waals surface area contributed by atoms with E-state index in [2.05, 4.69) is 10.6 Å². The molecule has 0 radical (unpaired) electrons. The maximum absolute atomic E-state index is 11.9. The number of carbonyl (C=O) groups is 2. The number of rotatable bonds is 3. The predicted octanol–water partition coefficient (Wildman–Crippen LogP) is 1.45. The average Bonchev–Trinajstić information content (AvgIpc) is 2.75. The van der Waals surface area contributed by atoms with Crippen LogP contribution in [0.4, 0.5) is 0 Å². The highest BCUT2D eigenvalue weighted by molar-refractivity contribution is 7.10. The first-order chi connectivity index (χ1) is 8.08. The molecule has 0 aliphatic carbocycles. The Labute approximate surface area is 104 Å². The van der Waals surface area contributed by atoms with E-state index in [-0.39, 0.29) is 11.8 Å². The fourth-order valence-corrected chi connectivity index (χ4v) is 2.70. The Balaban J connectivity index is 2.08. The van der Waals surface area contributed by atoms with Crippen LogP contribution in [0.25, 0.3) is 0 Å². The van der Waals surface area contributed by atoms with Gasteiger partial charge in [-0.1, -0.05) is 19.9 Å². The minimum atomic E-state index is -0.522. The monoisotopic (exact) mass is 252 g/mol. The van der Waals surface area contributed by atoms with Gasteiger partial charge in [0.1, 0.15) is 12.1 Å². The molecule has 1 unspecified atom stereocenters. The van der Waals surface area contributed by atoms with Crippen molar-refractivity contribution in [3.8, 4) is 0 Å². The standard InChI is InChI=1S/C12H16N2O2S/c1-7(2)6-8-11(15)14-10(12(16)13-8)9-4-3-5-17-9/h3-5,7-8,10H,6H2,1-2H3,(H,13,16)(H,14,15)/t8-,10?/m1/s1. The zero-order valence-corrected chi connectivity index (χ0v) is 10.7. The van der Waals surface area contributed by atoms with Gasteiger partial charge in [-0.2, -0.15) is 0 Å². The Bertz CT molecular complexity index is 414. The molecule has 2 amide bonds. The second-order valence-electron chi connectivity index (χ2n) is 4.65. The first kappa shape index (κ1) is 12.1. The number of hydrogen-bond donors (Lipinski definition) is 2. The van der Waals surface area contributed by atoms with Gasteiger partial charge < -0.3 is 10.6 Å². The second kappa shape index (κ2) is 4.87. The average molecular weight is 252 g/mol. The molecular weight excluding hydrogens is 236 g/mol. The molecule has 1 aliphatic heterocycles. The Morgan fingerprint density at radius 1 is 1.29 bits per heavy atom. The molecule has 92 valence electrons. The summed E-state index contributed by atoms with van der Waals surface area (Å²) in [4.78, 5) is 24.6. The van der Waals surface area contributed by atoms with Crippen LogP contribution >= 0.6 is 11.3 Å². The van der Waals surface area contributed by atoms with Crippen LogP contribution in [0.15, 0.2) is 17.5 Å². The molecule has 0 aromatic carbocycles. The summed E-state index contributed by atoms with van der Waals surface area (Å²) < 4.78 is 0. The van der Waals surface area contributed by atoms with Crippen molar-refractivity contribution >= 4 is 23.2 Å². The summed E-state index contributed by atoms with van der Waals surface area (Å²) in [6, 6.07) is 2.82. The van der Waals surface area contributed by atoms with Crippen molar-refractivity contribution in [2.24, 2.45) is 5.92 Å². The summed E-state index contributed by atoms with van der Waals surface area (Å²) in [5.41, 5.74) is 0. The molecule has 5 heteroatoms. The molecule has 0 saturated carbocycles. The van der Waals surface area contributed by atoms with Gasteiger partial charge in [-0.25, -0.2) is 0 Å². The van der Waals surface area contributed by atoms with Crippen molar-refractivity contribution in [3.05, 3.63) is 22.4 Å². The minimum Gasteiger partial charge on any atom is -0.342 e. The zero-order valence-electron chi connectivity index (χ0n) is 9.90. The van der Waals surface area contributed by atoms with E-state index in [0.717, 1.165) is 4.88 Å². The van der Waals surface area contributed by atoms with Crippen molar-refractivity contribution in [1.82, 2.24) is 10.6 Å². The molecule has 4 nitrogen and oxygen atoms in total. The van der Waals surface area contributed by atoms with Crippen LogP contribution in [-0.2, 0) is 9.59 Å².